The van der Waals surface area contributed by atoms with Gasteiger partial charge in [0.2, 0.25) is 0 Å². The molecule has 0 saturated carbocycles. The molecule has 0 aliphatic rings. The fourth-order valence-electron chi connectivity index (χ4n) is 1.05. The fraction of sp³-hybridized carbons (Fsp3) is 0.300. The highest BCUT2D eigenvalue weighted by atomic mass is 32.2. The number of hydrogen-bond acceptors (Lipinski definition) is 3. The lowest BCUT2D eigenvalue weighted by Gasteiger charge is -2.05. The molecule has 0 amide bonds. The second kappa shape index (κ2) is 6.31. The number of rotatable bonds is 6. The molecule has 0 bridgehead atoms. The molecule has 15 heavy (non-hydrogen) atoms. The Labute approximate surface area is 90.5 Å². The molecule has 0 radical (unpaired) electrons. The van der Waals surface area contributed by atoms with Gasteiger partial charge in [-0.05, 0) is 18.6 Å². The van der Waals surface area contributed by atoms with Crippen molar-refractivity contribution < 1.29 is 18.3 Å². The van der Waals surface area contributed by atoms with Crippen LogP contribution >= 0.6 is 0 Å². The average molecular weight is 228 g/mol. The second-order valence-corrected chi connectivity index (χ2v) is 3.97. The summed E-state index contributed by atoms with van der Waals surface area (Å²) in [7, 11) is 0. The van der Waals surface area contributed by atoms with Crippen LogP contribution < -0.4 is 4.74 Å². The summed E-state index contributed by atoms with van der Waals surface area (Å²) in [5.74, 6) is 0.802. The molecule has 0 fully saturated rings. The monoisotopic (exact) mass is 228 g/mol. The highest BCUT2D eigenvalue weighted by Gasteiger charge is 1.97. The van der Waals surface area contributed by atoms with E-state index < -0.39 is 11.1 Å². The van der Waals surface area contributed by atoms with Crippen LogP contribution in [-0.2, 0) is 11.1 Å². The van der Waals surface area contributed by atoms with Crippen molar-refractivity contribution in [2.24, 2.45) is 0 Å². The molecule has 0 aromatic heterocycles. The third-order valence-corrected chi connectivity index (χ3v) is 2.36. The van der Waals surface area contributed by atoms with Crippen LogP contribution in [0.15, 0.2) is 24.3 Å². The summed E-state index contributed by atoms with van der Waals surface area (Å²) in [6.45, 7) is 0.370. The van der Waals surface area contributed by atoms with Crippen molar-refractivity contribution in [2.75, 3.05) is 12.4 Å². The van der Waals surface area contributed by atoms with E-state index in [1.807, 2.05) is 0 Å². The Hall–Kier alpha value is -1.20. The van der Waals surface area contributed by atoms with Crippen molar-refractivity contribution in [1.82, 2.24) is 0 Å². The minimum Gasteiger partial charge on any atom is -0.494 e. The molecule has 1 unspecified atom stereocenters. The molecule has 5 heteroatoms. The molecule has 1 atom stereocenters. The lowest BCUT2D eigenvalue weighted by Crippen LogP contribution is -2.03. The van der Waals surface area contributed by atoms with Gasteiger partial charge in [-0.25, -0.2) is 4.21 Å². The molecule has 1 N–H and O–H groups in total. The Bertz CT molecular complexity index is 351. The summed E-state index contributed by atoms with van der Waals surface area (Å²) >= 11 is -1.77. The lowest BCUT2D eigenvalue weighted by atomic mass is 10.2. The van der Waals surface area contributed by atoms with Gasteiger partial charge in [0.15, 0.2) is 11.1 Å². The zero-order chi connectivity index (χ0) is 11.1. The van der Waals surface area contributed by atoms with E-state index in [0.29, 0.717) is 24.3 Å². The number of carbonyl (C=O) groups excluding carboxylic acids is 1. The van der Waals surface area contributed by atoms with Gasteiger partial charge in [0.05, 0.1) is 12.4 Å². The summed E-state index contributed by atoms with van der Waals surface area (Å²) < 4.78 is 24.1. The van der Waals surface area contributed by atoms with Gasteiger partial charge < -0.3 is 9.29 Å². The van der Waals surface area contributed by atoms with E-state index in [0.717, 1.165) is 6.29 Å². The van der Waals surface area contributed by atoms with Crippen molar-refractivity contribution in [1.29, 1.82) is 0 Å². The zero-order valence-corrected chi connectivity index (χ0v) is 8.90. The topological polar surface area (TPSA) is 63.6 Å². The third-order valence-electron chi connectivity index (χ3n) is 1.73. The first-order valence-corrected chi connectivity index (χ1v) is 5.75. The Morgan fingerprint density at radius 2 is 2.27 bits per heavy atom. The van der Waals surface area contributed by atoms with Crippen molar-refractivity contribution >= 4 is 17.4 Å². The van der Waals surface area contributed by atoms with Gasteiger partial charge in [0.25, 0.3) is 0 Å². The summed E-state index contributed by atoms with van der Waals surface area (Å²) in [6.07, 6.45) is 1.25. The molecular formula is C10H12O4S. The maximum absolute atomic E-state index is 10.4. The van der Waals surface area contributed by atoms with E-state index in [2.05, 4.69) is 0 Å². The largest absolute Gasteiger partial charge is 0.494 e. The number of hydrogen-bond donors (Lipinski definition) is 1. The minimum absolute atomic E-state index is 0.202. The molecule has 82 valence electrons. The lowest BCUT2D eigenvalue weighted by molar-refractivity contribution is 0.112. The molecule has 1 aromatic rings. The number of carbonyl (C=O) groups is 1. The standard InChI is InChI=1S/C10H12O4S/c11-8-9-3-1-4-10(7-9)14-5-2-6-15(12)13/h1,3-4,7-8H,2,5-6H2,(H,12,13). The van der Waals surface area contributed by atoms with E-state index in [1.54, 1.807) is 24.3 Å². The number of ether oxygens (including phenoxy) is 1. The Morgan fingerprint density at radius 1 is 1.47 bits per heavy atom. The maximum atomic E-state index is 10.4. The molecule has 0 saturated heterocycles. The van der Waals surface area contributed by atoms with E-state index in [1.165, 1.54) is 0 Å². The van der Waals surface area contributed by atoms with Crippen molar-refractivity contribution in [3.05, 3.63) is 29.8 Å². The molecule has 0 aliphatic carbocycles. The first-order valence-electron chi connectivity index (χ1n) is 4.48. The molecule has 4 nitrogen and oxygen atoms in total. The highest BCUT2D eigenvalue weighted by molar-refractivity contribution is 7.79. The van der Waals surface area contributed by atoms with Gasteiger partial charge in [-0.1, -0.05) is 12.1 Å². The van der Waals surface area contributed by atoms with Crippen LogP contribution in [0.25, 0.3) is 0 Å². The molecular weight excluding hydrogens is 216 g/mol. The predicted molar refractivity (Wildman–Crippen MR) is 57.6 cm³/mol. The molecule has 1 rings (SSSR count). The SMILES string of the molecule is O=Cc1cccc(OCCCS(=O)O)c1. The first-order chi connectivity index (χ1) is 7.22. The van der Waals surface area contributed by atoms with Gasteiger partial charge in [0.1, 0.15) is 12.0 Å². The number of aldehydes is 1. The van der Waals surface area contributed by atoms with Crippen molar-refractivity contribution in [2.45, 2.75) is 6.42 Å². The summed E-state index contributed by atoms with van der Waals surface area (Å²) in [5, 5.41) is 0. The van der Waals surface area contributed by atoms with Gasteiger partial charge in [-0.15, -0.1) is 0 Å². The zero-order valence-electron chi connectivity index (χ0n) is 8.09. The minimum atomic E-state index is -1.77. The van der Waals surface area contributed by atoms with E-state index in [9.17, 15) is 9.00 Å². The quantitative estimate of drug-likeness (QED) is 0.455. The Morgan fingerprint density at radius 3 is 2.93 bits per heavy atom. The van der Waals surface area contributed by atoms with Gasteiger partial charge in [-0.2, -0.15) is 0 Å². The normalized spacial score (nSPS) is 12.1. The molecule has 0 aliphatic heterocycles. The van der Waals surface area contributed by atoms with Gasteiger partial charge >= 0.3 is 0 Å². The first kappa shape index (κ1) is 11.9. The molecule has 0 spiro atoms. The van der Waals surface area contributed by atoms with Gasteiger partial charge in [0, 0.05) is 5.56 Å². The summed E-state index contributed by atoms with van der Waals surface area (Å²) in [5.41, 5.74) is 0.554. The average Bonchev–Trinajstić information content (AvgIpc) is 2.24. The van der Waals surface area contributed by atoms with E-state index in [4.69, 9.17) is 9.29 Å². The van der Waals surface area contributed by atoms with Crippen LogP contribution in [0.4, 0.5) is 0 Å². The number of benzene rings is 1. The maximum Gasteiger partial charge on any atom is 0.152 e. The summed E-state index contributed by atoms with van der Waals surface area (Å²) in [6, 6.07) is 6.78. The van der Waals surface area contributed by atoms with E-state index in [-0.39, 0.29) is 5.75 Å². The predicted octanol–water partition coefficient (Wildman–Crippen LogP) is 1.49. The van der Waals surface area contributed by atoms with E-state index >= 15 is 0 Å². The highest BCUT2D eigenvalue weighted by Crippen LogP contribution is 2.11. The second-order valence-electron chi connectivity index (χ2n) is 2.92. The van der Waals surface area contributed by atoms with Crippen molar-refractivity contribution in [3.63, 3.8) is 0 Å². The van der Waals surface area contributed by atoms with Crippen LogP contribution in [0.3, 0.4) is 0 Å². The third kappa shape index (κ3) is 4.71. The smallest absolute Gasteiger partial charge is 0.152 e. The summed E-state index contributed by atoms with van der Waals surface area (Å²) in [4.78, 5) is 10.4. The molecule has 1 aromatic carbocycles. The van der Waals surface area contributed by atoms with Crippen molar-refractivity contribution in [3.8, 4) is 5.75 Å². The van der Waals surface area contributed by atoms with Crippen LogP contribution in [0.1, 0.15) is 16.8 Å². The van der Waals surface area contributed by atoms with Gasteiger partial charge in [-0.3, -0.25) is 4.79 Å². The van der Waals surface area contributed by atoms with Crippen LogP contribution in [0.5, 0.6) is 5.75 Å². The molecule has 0 heterocycles. The Kier molecular flexibility index (Phi) is 5.00. The van der Waals surface area contributed by atoms with Crippen LogP contribution in [0.2, 0.25) is 0 Å². The Balaban J connectivity index is 2.37. The van der Waals surface area contributed by atoms with Crippen LogP contribution in [-0.4, -0.2) is 27.4 Å². The fourth-order valence-corrected chi connectivity index (χ4v) is 1.41. The van der Waals surface area contributed by atoms with Crippen LogP contribution in [0, 0.1) is 0 Å².